The van der Waals surface area contributed by atoms with E-state index in [4.69, 9.17) is 52.1 Å². The van der Waals surface area contributed by atoms with Crippen LogP contribution in [0.15, 0.2) is 72.8 Å². The second-order valence-electron chi connectivity index (χ2n) is 19.5. The van der Waals surface area contributed by atoms with E-state index in [1.165, 1.54) is 72.8 Å². The lowest BCUT2D eigenvalue weighted by Gasteiger charge is -2.42. The van der Waals surface area contributed by atoms with Gasteiger partial charge in [-0.3, -0.25) is 9.59 Å². The summed E-state index contributed by atoms with van der Waals surface area (Å²) in [6, 6.07) is 16.6. The van der Waals surface area contributed by atoms with Gasteiger partial charge in [0.1, 0.15) is 135 Å². The Hall–Kier alpha value is -5.37. The van der Waals surface area contributed by atoms with Crippen LogP contribution in [0.1, 0.15) is 29.5 Å². The van der Waals surface area contributed by atoms with Gasteiger partial charge in [0.2, 0.25) is 18.9 Å². The Morgan fingerprint density at radius 2 is 0.667 bits per heavy atom. The molecule has 30 heteroatoms. The lowest BCUT2D eigenvalue weighted by atomic mass is 9.95. The van der Waals surface area contributed by atoms with E-state index in [1.54, 1.807) is 0 Å². The molecule has 0 radical (unpaired) electrons. The Morgan fingerprint density at radius 3 is 1.00 bits per heavy atom. The second-order valence-corrected chi connectivity index (χ2v) is 19.5. The van der Waals surface area contributed by atoms with E-state index in [2.05, 4.69) is 0 Å². The Bertz CT molecular complexity index is 2360. The molecule has 0 bridgehead atoms. The molecule has 4 fully saturated rings. The molecule has 30 nitrogen and oxygen atoms in total. The van der Waals surface area contributed by atoms with Crippen molar-refractivity contribution >= 4 is 17.9 Å². The molecule has 0 spiro atoms. The van der Waals surface area contributed by atoms with Crippen molar-refractivity contribution in [2.45, 2.75) is 161 Å². The third kappa shape index (κ3) is 15.6. The van der Waals surface area contributed by atoms with Gasteiger partial charge in [-0.05, 0) is 53.1 Å². The van der Waals surface area contributed by atoms with E-state index >= 15 is 0 Å². The van der Waals surface area contributed by atoms with Crippen LogP contribution in [-0.2, 0) is 72.1 Å². The van der Waals surface area contributed by atoms with Crippen molar-refractivity contribution in [2.24, 2.45) is 0 Å². The number of rotatable bonds is 23. The molecule has 0 aliphatic carbocycles. The zero-order chi connectivity index (χ0) is 58.9. The molecule has 4 aliphatic rings. The van der Waals surface area contributed by atoms with Crippen LogP contribution in [0.4, 0.5) is 0 Å². The highest BCUT2D eigenvalue weighted by molar-refractivity contribution is 5.90. The van der Waals surface area contributed by atoms with E-state index in [0.29, 0.717) is 11.1 Å². The lowest BCUT2D eigenvalue weighted by Crippen LogP contribution is -2.62. The standard InChI is InChI=1S/C51H66O30/c52-15-28-34(57)38(61)42(65)46(78-28)73-21-31-37(60)41(64)45(68)49(81-31)77-27-11-5-24(6-12-27)20-74-50(69)51(70,13-32(55)71-18-22-1-7-25(8-2-22)75-47-43(66)39(62)35(58)29(16-53)79-47)14-33(56)72-19-23-3-9-26(10-4-23)76-48-44(67)40(63)36(59)30(17-54)80-48/h1-12,28-31,34-49,52-54,57-68,70H,13-21H2. The summed E-state index contributed by atoms with van der Waals surface area (Å²) in [5.41, 5.74) is -1.99. The molecule has 16 N–H and O–H groups in total. The zero-order valence-corrected chi connectivity index (χ0v) is 42.7. The summed E-state index contributed by atoms with van der Waals surface area (Å²) in [6.07, 6.45) is -34.4. The molecule has 0 amide bonds. The first-order valence-corrected chi connectivity index (χ1v) is 25.2. The highest BCUT2D eigenvalue weighted by Gasteiger charge is 2.50. The van der Waals surface area contributed by atoms with Crippen LogP contribution in [0.25, 0.3) is 0 Å². The average Bonchev–Trinajstić information content (AvgIpc) is 3.54. The van der Waals surface area contributed by atoms with Crippen molar-refractivity contribution in [2.75, 3.05) is 26.4 Å². The maximum absolute atomic E-state index is 13.7. The second kappa shape index (κ2) is 28.3. The molecule has 81 heavy (non-hydrogen) atoms. The Kier molecular flexibility index (Phi) is 22.1. The van der Waals surface area contributed by atoms with Crippen molar-refractivity contribution in [3.05, 3.63) is 89.5 Å². The molecule has 3 aromatic carbocycles. The smallest absolute Gasteiger partial charge is 0.339 e. The number of hydrogen-bond acceptors (Lipinski definition) is 30. The number of carbonyl (C=O) groups is 3. The minimum absolute atomic E-state index is 0.000232. The van der Waals surface area contributed by atoms with Crippen LogP contribution in [0.3, 0.4) is 0 Å². The summed E-state index contributed by atoms with van der Waals surface area (Å²) in [6.45, 7) is -4.20. The number of carbonyl (C=O) groups excluding carboxylic acids is 3. The van der Waals surface area contributed by atoms with Crippen LogP contribution in [0.2, 0.25) is 0 Å². The SMILES string of the molecule is O=C(CC(O)(CC(=O)OCc1ccc(OC2OC(CO)C(O)C(O)C2O)cc1)C(=O)OCc1ccc(OC2OC(COC3OC(CO)C(O)C(O)C3O)C(O)C(O)C2O)cc1)OCc1ccc(OC2OC(CO)C(O)C(O)C2O)cc1. The van der Waals surface area contributed by atoms with E-state index < -0.39 is 205 Å². The monoisotopic (exact) mass is 1160 g/mol. The molecule has 0 aromatic heterocycles. The number of benzene rings is 3. The van der Waals surface area contributed by atoms with Gasteiger partial charge in [-0.2, -0.15) is 0 Å². The molecular formula is C51H66O30. The summed E-state index contributed by atoms with van der Waals surface area (Å²) in [5, 5.41) is 163. The van der Waals surface area contributed by atoms with E-state index in [1.807, 2.05) is 0 Å². The van der Waals surface area contributed by atoms with Crippen LogP contribution >= 0.6 is 0 Å². The molecular weight excluding hydrogens is 1090 g/mol. The normalized spacial score (nSPS) is 35.0. The largest absolute Gasteiger partial charge is 0.462 e. The first kappa shape index (κ1) is 63.2. The van der Waals surface area contributed by atoms with Crippen LogP contribution < -0.4 is 14.2 Å². The molecule has 20 atom stereocenters. The Labute approximate surface area is 459 Å². The number of aliphatic hydroxyl groups is 16. The number of ether oxygens (including phenoxy) is 11. The van der Waals surface area contributed by atoms with Gasteiger partial charge in [0.25, 0.3) is 0 Å². The minimum atomic E-state index is -2.91. The summed E-state index contributed by atoms with van der Waals surface area (Å²) in [7, 11) is 0. The molecule has 4 saturated heterocycles. The van der Waals surface area contributed by atoms with Crippen molar-refractivity contribution in [3.63, 3.8) is 0 Å². The molecule has 4 aliphatic heterocycles. The van der Waals surface area contributed by atoms with Gasteiger partial charge in [-0.15, -0.1) is 0 Å². The molecule has 0 saturated carbocycles. The highest BCUT2D eigenvalue weighted by atomic mass is 16.7. The maximum Gasteiger partial charge on any atom is 0.339 e. The Morgan fingerprint density at radius 1 is 0.383 bits per heavy atom. The van der Waals surface area contributed by atoms with Crippen molar-refractivity contribution in [3.8, 4) is 17.2 Å². The maximum atomic E-state index is 13.7. The fourth-order valence-corrected chi connectivity index (χ4v) is 8.67. The summed E-state index contributed by atoms with van der Waals surface area (Å²) < 4.78 is 59.9. The van der Waals surface area contributed by atoms with Crippen molar-refractivity contribution < 1.29 is 148 Å². The fraction of sp³-hybridized carbons (Fsp3) is 0.588. The van der Waals surface area contributed by atoms with Gasteiger partial charge in [0, 0.05) is 0 Å². The van der Waals surface area contributed by atoms with Gasteiger partial charge >= 0.3 is 17.9 Å². The van der Waals surface area contributed by atoms with Crippen LogP contribution in [0.5, 0.6) is 17.2 Å². The number of hydrogen-bond donors (Lipinski definition) is 16. The van der Waals surface area contributed by atoms with Crippen LogP contribution in [0, 0.1) is 0 Å². The van der Waals surface area contributed by atoms with Gasteiger partial charge in [-0.1, -0.05) is 36.4 Å². The third-order valence-electron chi connectivity index (χ3n) is 13.6. The first-order valence-electron chi connectivity index (χ1n) is 25.2. The van der Waals surface area contributed by atoms with Gasteiger partial charge in [0.15, 0.2) is 11.9 Å². The summed E-state index contributed by atoms with van der Waals surface area (Å²) in [4.78, 5) is 40.3. The zero-order valence-electron chi connectivity index (χ0n) is 42.7. The predicted octanol–water partition coefficient (Wildman–Crippen LogP) is -6.91. The van der Waals surface area contributed by atoms with Crippen molar-refractivity contribution in [1.29, 1.82) is 0 Å². The van der Waals surface area contributed by atoms with Crippen molar-refractivity contribution in [1.82, 2.24) is 0 Å². The first-order chi connectivity index (χ1) is 38.5. The molecule has 3 aromatic rings. The summed E-state index contributed by atoms with van der Waals surface area (Å²) in [5.74, 6) is -3.65. The van der Waals surface area contributed by atoms with E-state index in [9.17, 15) is 96.1 Å². The average molecular weight is 1160 g/mol. The number of aliphatic hydroxyl groups excluding tert-OH is 15. The minimum Gasteiger partial charge on any atom is -0.462 e. The lowest BCUT2D eigenvalue weighted by molar-refractivity contribution is -0.323. The van der Waals surface area contributed by atoms with Gasteiger partial charge < -0.3 is 134 Å². The van der Waals surface area contributed by atoms with Crippen LogP contribution in [-0.4, -0.2) is 254 Å². The molecule has 20 unspecified atom stereocenters. The molecule has 450 valence electrons. The third-order valence-corrected chi connectivity index (χ3v) is 13.6. The Balaban J connectivity index is 0.959. The van der Waals surface area contributed by atoms with Gasteiger partial charge in [0.05, 0.1) is 39.3 Å². The van der Waals surface area contributed by atoms with Gasteiger partial charge in [-0.25, -0.2) is 4.79 Å². The highest BCUT2D eigenvalue weighted by Crippen LogP contribution is 2.31. The van der Waals surface area contributed by atoms with E-state index in [-0.39, 0.29) is 22.8 Å². The molecule has 7 rings (SSSR count). The summed E-state index contributed by atoms with van der Waals surface area (Å²) >= 11 is 0. The topological polar surface area (TPSA) is 476 Å². The fourth-order valence-electron chi connectivity index (χ4n) is 8.67. The quantitative estimate of drug-likeness (QED) is 0.0310. The number of esters is 3. The molecule has 4 heterocycles. The predicted molar refractivity (Wildman–Crippen MR) is 259 cm³/mol. The van der Waals surface area contributed by atoms with E-state index in [0.717, 1.165) is 0 Å².